The highest BCUT2D eigenvalue weighted by molar-refractivity contribution is 7.81. The number of allylic oxidation sites excluding steroid dienone is 9. The Morgan fingerprint density at radius 3 is 2.40 bits per heavy atom. The summed E-state index contributed by atoms with van der Waals surface area (Å²) in [6.45, 7) is 21.8. The summed E-state index contributed by atoms with van der Waals surface area (Å²) in [6.07, 6.45) is 27.3. The Kier molecular flexibility index (Phi) is 12.3. The van der Waals surface area contributed by atoms with Crippen molar-refractivity contribution in [1.29, 1.82) is 0 Å². The van der Waals surface area contributed by atoms with Crippen LogP contribution in [0.15, 0.2) is 109 Å². The normalized spacial score (nSPS) is 17.0. The average Bonchev–Trinajstić information content (AvgIpc) is 3.29. The lowest BCUT2D eigenvalue weighted by molar-refractivity contribution is 0.403. The lowest BCUT2D eigenvalue weighted by Gasteiger charge is -2.32. The van der Waals surface area contributed by atoms with E-state index in [9.17, 15) is 0 Å². The Bertz CT molecular complexity index is 1770. The number of aryl methyl sites for hydroxylation is 1. The van der Waals surface area contributed by atoms with Crippen molar-refractivity contribution in [2.24, 2.45) is 5.41 Å². The summed E-state index contributed by atoms with van der Waals surface area (Å²) in [5.41, 5.74) is 11.5. The van der Waals surface area contributed by atoms with E-state index < -0.39 is 0 Å². The van der Waals surface area contributed by atoms with Gasteiger partial charge in [0, 0.05) is 29.0 Å². The molecule has 2 nitrogen and oxygen atoms in total. The minimum Gasteiger partial charge on any atom is -0.344 e. The summed E-state index contributed by atoms with van der Waals surface area (Å²) < 4.78 is 3.19. The van der Waals surface area contributed by atoms with Gasteiger partial charge in [0.25, 0.3) is 0 Å². The molecule has 0 aromatic heterocycles. The van der Waals surface area contributed by atoms with Gasteiger partial charge in [0.15, 0.2) is 0 Å². The molecule has 0 unspecified atom stereocenters. The summed E-state index contributed by atoms with van der Waals surface area (Å²) in [4.78, 5) is 2.60. The molecule has 0 saturated carbocycles. The first kappa shape index (κ1) is 37.8. The van der Waals surface area contributed by atoms with Gasteiger partial charge in [-0.05, 0) is 120 Å². The van der Waals surface area contributed by atoms with E-state index in [1.165, 1.54) is 89.4 Å². The van der Waals surface area contributed by atoms with Crippen molar-refractivity contribution in [2.75, 3.05) is 16.2 Å². The molecule has 0 bridgehead atoms. The molecule has 0 spiro atoms. The molecule has 2 aliphatic rings. The van der Waals surface area contributed by atoms with Crippen LogP contribution in [0.4, 0.5) is 11.4 Å². The molecule has 0 atom stereocenters. The Labute approximate surface area is 310 Å². The van der Waals surface area contributed by atoms with Crippen LogP contribution in [0.25, 0.3) is 10.8 Å². The zero-order valence-electron chi connectivity index (χ0n) is 32.0. The SMILES string of the molecule is C=C(CCCCCN1/C(=C/C=C/C=C/C=C/CC(C)(C)c2c(NS)ccc3c2CCCC3)C(C)(C)c2c1ccc1ccccc21)CC(C)(C)C. The number of nitrogens with zero attached hydrogens (tertiary/aromatic N) is 1. The summed E-state index contributed by atoms with van der Waals surface area (Å²) in [7, 11) is 0. The van der Waals surface area contributed by atoms with Gasteiger partial charge in [-0.1, -0.05) is 153 Å². The third-order valence-electron chi connectivity index (χ3n) is 10.7. The highest BCUT2D eigenvalue weighted by Crippen LogP contribution is 2.51. The van der Waals surface area contributed by atoms with Crippen LogP contribution in [0.2, 0.25) is 0 Å². The second kappa shape index (κ2) is 16.3. The fourth-order valence-electron chi connectivity index (χ4n) is 8.51. The van der Waals surface area contributed by atoms with E-state index in [1.807, 2.05) is 0 Å². The monoisotopic (exact) mass is 686 g/mol. The van der Waals surface area contributed by atoms with Crippen LogP contribution in [0.5, 0.6) is 0 Å². The first-order valence-electron chi connectivity index (χ1n) is 19.1. The standard InChI is InChI=1S/C47H62N2S/c1-35(34-45(2,3)4)22-14-13-21-33-49-41-31-29-37-24-17-19-26-39(37)44(41)47(7,8)42(49)27-15-11-9-10-12-20-32-46(5,6)43-38-25-18-16-23-36(38)28-30-40(43)48-50/h9-12,15,17,19-20,24,26-31,48,50H,1,13-14,16,18,21-23,25,32-34H2,2-8H3/b10-9+,15-11+,20-12+,42-27+. The molecule has 0 amide bonds. The molecule has 3 aromatic rings. The Morgan fingerprint density at radius 1 is 0.880 bits per heavy atom. The minimum absolute atomic E-state index is 0.0232. The number of hydrogen-bond donors (Lipinski definition) is 2. The lowest BCUT2D eigenvalue weighted by Crippen LogP contribution is -2.27. The maximum Gasteiger partial charge on any atom is 0.0478 e. The van der Waals surface area contributed by atoms with Crippen molar-refractivity contribution >= 4 is 35.0 Å². The minimum atomic E-state index is -0.0892. The molecule has 1 heterocycles. The summed E-state index contributed by atoms with van der Waals surface area (Å²) in [6, 6.07) is 18.0. The zero-order valence-corrected chi connectivity index (χ0v) is 32.9. The van der Waals surface area contributed by atoms with E-state index in [-0.39, 0.29) is 10.8 Å². The molecule has 1 N–H and O–H groups in total. The van der Waals surface area contributed by atoms with Crippen LogP contribution in [-0.2, 0) is 23.7 Å². The zero-order chi connectivity index (χ0) is 35.9. The van der Waals surface area contributed by atoms with Crippen molar-refractivity contribution in [3.05, 3.63) is 131 Å². The molecule has 3 heteroatoms. The maximum atomic E-state index is 4.46. The lowest BCUT2D eigenvalue weighted by atomic mass is 9.74. The van der Waals surface area contributed by atoms with Gasteiger partial charge in [-0.3, -0.25) is 0 Å². The van der Waals surface area contributed by atoms with Crippen LogP contribution in [0.1, 0.15) is 122 Å². The Morgan fingerprint density at radius 2 is 1.62 bits per heavy atom. The number of anilines is 2. The smallest absolute Gasteiger partial charge is 0.0478 e. The number of hydrogen-bond acceptors (Lipinski definition) is 3. The van der Waals surface area contributed by atoms with E-state index in [4.69, 9.17) is 0 Å². The van der Waals surface area contributed by atoms with E-state index in [0.29, 0.717) is 5.41 Å². The van der Waals surface area contributed by atoms with Crippen molar-refractivity contribution < 1.29 is 0 Å². The van der Waals surface area contributed by atoms with Gasteiger partial charge in [0.2, 0.25) is 0 Å². The van der Waals surface area contributed by atoms with Gasteiger partial charge >= 0.3 is 0 Å². The third-order valence-corrected chi connectivity index (χ3v) is 11.0. The first-order chi connectivity index (χ1) is 23.8. The average molecular weight is 687 g/mol. The van der Waals surface area contributed by atoms with Crippen LogP contribution >= 0.6 is 12.8 Å². The topological polar surface area (TPSA) is 15.3 Å². The van der Waals surface area contributed by atoms with Crippen molar-refractivity contribution in [3.63, 3.8) is 0 Å². The second-order valence-electron chi connectivity index (χ2n) is 17.0. The molecule has 50 heavy (non-hydrogen) atoms. The highest BCUT2D eigenvalue weighted by atomic mass is 32.1. The fourth-order valence-corrected chi connectivity index (χ4v) is 8.70. The molecule has 0 radical (unpaired) electrons. The van der Waals surface area contributed by atoms with Crippen molar-refractivity contribution in [2.45, 2.75) is 124 Å². The van der Waals surface area contributed by atoms with Gasteiger partial charge in [-0.2, -0.15) is 0 Å². The Balaban J connectivity index is 1.27. The number of rotatable bonds is 14. The summed E-state index contributed by atoms with van der Waals surface area (Å²) >= 11 is 4.46. The fraction of sp³-hybridized carbons (Fsp3) is 0.447. The van der Waals surface area contributed by atoms with Crippen LogP contribution in [0.3, 0.4) is 0 Å². The van der Waals surface area contributed by atoms with E-state index in [2.05, 4.69) is 169 Å². The third kappa shape index (κ3) is 8.89. The molecular formula is C47H62N2S. The number of fused-ring (bicyclic) bond motifs is 4. The number of unbranched alkanes of at least 4 members (excludes halogenated alkanes) is 2. The van der Waals surface area contributed by atoms with Crippen LogP contribution in [0, 0.1) is 5.41 Å². The predicted molar refractivity (Wildman–Crippen MR) is 225 cm³/mol. The van der Waals surface area contributed by atoms with Gasteiger partial charge < -0.3 is 9.62 Å². The molecule has 266 valence electrons. The number of benzene rings is 3. The molecule has 1 aliphatic carbocycles. The molecular weight excluding hydrogens is 625 g/mol. The number of thiol groups is 1. The van der Waals surface area contributed by atoms with E-state index in [1.54, 1.807) is 5.56 Å². The Hall–Kier alpha value is -3.43. The van der Waals surface area contributed by atoms with Crippen LogP contribution < -0.4 is 9.62 Å². The highest BCUT2D eigenvalue weighted by Gasteiger charge is 2.40. The second-order valence-corrected chi connectivity index (χ2v) is 17.3. The number of nitrogens with one attached hydrogen (secondary N) is 1. The molecule has 5 rings (SSSR count). The van der Waals surface area contributed by atoms with Crippen molar-refractivity contribution in [1.82, 2.24) is 0 Å². The summed E-state index contributed by atoms with van der Waals surface area (Å²) in [5, 5.41) is 2.68. The predicted octanol–water partition coefficient (Wildman–Crippen LogP) is 13.5. The van der Waals surface area contributed by atoms with Gasteiger partial charge in [-0.15, -0.1) is 0 Å². The van der Waals surface area contributed by atoms with Gasteiger partial charge in [0.05, 0.1) is 0 Å². The molecule has 3 aromatic carbocycles. The van der Waals surface area contributed by atoms with Gasteiger partial charge in [0.1, 0.15) is 0 Å². The maximum absolute atomic E-state index is 4.46. The van der Waals surface area contributed by atoms with Crippen molar-refractivity contribution in [3.8, 4) is 0 Å². The van der Waals surface area contributed by atoms with Crippen LogP contribution in [-0.4, -0.2) is 6.54 Å². The van der Waals surface area contributed by atoms with E-state index in [0.717, 1.165) is 31.5 Å². The largest absolute Gasteiger partial charge is 0.344 e. The molecule has 1 aliphatic heterocycles. The summed E-state index contributed by atoms with van der Waals surface area (Å²) in [5.74, 6) is 0. The molecule has 0 saturated heterocycles. The first-order valence-corrected chi connectivity index (χ1v) is 19.5. The quantitative estimate of drug-likeness (QED) is 0.0759. The van der Waals surface area contributed by atoms with Gasteiger partial charge in [-0.25, -0.2) is 0 Å². The molecule has 0 fully saturated rings. The van der Waals surface area contributed by atoms with E-state index >= 15 is 0 Å².